The highest BCUT2D eigenvalue weighted by molar-refractivity contribution is 7.22. The van der Waals surface area contributed by atoms with Crippen LogP contribution >= 0.6 is 11.3 Å². The molecule has 0 radical (unpaired) electrons. The highest BCUT2D eigenvalue weighted by atomic mass is 32.1. The predicted molar refractivity (Wildman–Crippen MR) is 116 cm³/mol. The van der Waals surface area contributed by atoms with Gasteiger partial charge in [-0.3, -0.25) is 19.0 Å². The first-order chi connectivity index (χ1) is 14.5. The van der Waals surface area contributed by atoms with Gasteiger partial charge in [0.15, 0.2) is 10.8 Å². The molecule has 162 valence electrons. The van der Waals surface area contributed by atoms with Crippen LogP contribution in [0.1, 0.15) is 45.4 Å². The molecule has 9 nitrogen and oxygen atoms in total. The smallest absolute Gasteiger partial charge is 0.273 e. The van der Waals surface area contributed by atoms with E-state index in [9.17, 15) is 14.4 Å². The van der Waals surface area contributed by atoms with E-state index >= 15 is 0 Å². The van der Waals surface area contributed by atoms with Gasteiger partial charge in [0.05, 0.1) is 5.92 Å². The molecule has 1 aliphatic heterocycles. The van der Waals surface area contributed by atoms with Crippen LogP contribution in [-0.2, 0) is 16.1 Å². The Labute approximate surface area is 178 Å². The van der Waals surface area contributed by atoms with Crippen molar-refractivity contribution in [3.05, 3.63) is 16.7 Å². The summed E-state index contributed by atoms with van der Waals surface area (Å²) in [6.45, 7) is 3.89. The van der Waals surface area contributed by atoms with Crippen LogP contribution in [0.5, 0.6) is 0 Å². The molecule has 4 rings (SSSR count). The summed E-state index contributed by atoms with van der Waals surface area (Å²) in [5.41, 5.74) is 0.148. The lowest BCUT2D eigenvalue weighted by atomic mass is 9.97. The highest BCUT2D eigenvalue weighted by Gasteiger charge is 2.27. The molecule has 0 unspecified atom stereocenters. The molecule has 1 saturated heterocycles. The maximum absolute atomic E-state index is 12.9. The Kier molecular flexibility index (Phi) is 6.31. The number of fused-ring (bicyclic) bond motifs is 1. The minimum atomic E-state index is -0.248. The number of aromatic nitrogens is 3. The summed E-state index contributed by atoms with van der Waals surface area (Å²) in [5.74, 6) is -0.164. The van der Waals surface area contributed by atoms with E-state index < -0.39 is 0 Å². The number of piperidine rings is 1. The molecule has 0 bridgehead atoms. The van der Waals surface area contributed by atoms with Gasteiger partial charge in [-0.1, -0.05) is 24.2 Å². The fourth-order valence-electron chi connectivity index (χ4n) is 4.26. The second kappa shape index (κ2) is 9.11. The molecule has 2 N–H and O–H groups in total. The first-order valence-corrected chi connectivity index (χ1v) is 11.5. The van der Waals surface area contributed by atoms with Gasteiger partial charge >= 0.3 is 0 Å². The van der Waals surface area contributed by atoms with E-state index in [0.717, 1.165) is 45.1 Å². The average Bonchev–Trinajstić information content (AvgIpc) is 3.40. The fraction of sp³-hybridized carbons (Fsp3) is 0.650. The Morgan fingerprint density at radius 2 is 2.03 bits per heavy atom. The van der Waals surface area contributed by atoms with Crippen molar-refractivity contribution in [1.82, 2.24) is 25.2 Å². The highest BCUT2D eigenvalue weighted by Crippen LogP contribution is 2.29. The van der Waals surface area contributed by atoms with Crippen LogP contribution in [0, 0.1) is 5.92 Å². The van der Waals surface area contributed by atoms with Crippen molar-refractivity contribution in [3.63, 3.8) is 0 Å². The molecule has 2 aromatic rings. The predicted octanol–water partition coefficient (Wildman–Crippen LogP) is 1.26. The van der Waals surface area contributed by atoms with Gasteiger partial charge < -0.3 is 15.5 Å². The molecule has 3 heterocycles. The van der Waals surface area contributed by atoms with Crippen LogP contribution in [0.3, 0.4) is 0 Å². The van der Waals surface area contributed by atoms with Crippen molar-refractivity contribution in [1.29, 1.82) is 0 Å². The standard InChI is InChI=1S/C20H28N6O3S/c1-2-21-18(28)13-6-5-9-25(10-13)20-24-17-16(30-20)19(29)26(12-22-17)11-15(27)23-14-7-3-4-8-14/h12-14H,2-11H2,1H3,(H,21,28)(H,23,27)/t13-/m0/s1. The van der Waals surface area contributed by atoms with E-state index in [2.05, 4.69) is 25.5 Å². The number of nitrogens with zero attached hydrogens (tertiary/aromatic N) is 4. The molecular weight excluding hydrogens is 404 g/mol. The molecule has 30 heavy (non-hydrogen) atoms. The van der Waals surface area contributed by atoms with Crippen LogP contribution in [0.2, 0.25) is 0 Å². The Bertz CT molecular complexity index is 981. The summed E-state index contributed by atoms with van der Waals surface area (Å²) in [6.07, 6.45) is 7.44. The average molecular weight is 433 g/mol. The molecule has 2 amide bonds. The lowest BCUT2D eigenvalue weighted by Gasteiger charge is -2.31. The van der Waals surface area contributed by atoms with E-state index in [0.29, 0.717) is 28.6 Å². The molecule has 2 aromatic heterocycles. The summed E-state index contributed by atoms with van der Waals surface area (Å²) in [6, 6.07) is 0.219. The van der Waals surface area contributed by atoms with Gasteiger partial charge in [-0.15, -0.1) is 0 Å². The Morgan fingerprint density at radius 1 is 1.23 bits per heavy atom. The lowest BCUT2D eigenvalue weighted by molar-refractivity contribution is -0.125. The fourth-order valence-corrected chi connectivity index (χ4v) is 5.27. The Morgan fingerprint density at radius 3 is 2.80 bits per heavy atom. The molecule has 2 fully saturated rings. The number of hydrogen-bond acceptors (Lipinski definition) is 7. The van der Waals surface area contributed by atoms with E-state index in [1.807, 2.05) is 6.92 Å². The zero-order valence-corrected chi connectivity index (χ0v) is 18.0. The van der Waals surface area contributed by atoms with Crippen molar-refractivity contribution in [2.45, 2.75) is 58.0 Å². The van der Waals surface area contributed by atoms with Gasteiger partial charge in [0, 0.05) is 25.7 Å². The molecule has 10 heteroatoms. The van der Waals surface area contributed by atoms with E-state index in [1.54, 1.807) is 0 Å². The number of nitrogens with one attached hydrogen (secondary N) is 2. The number of thiazole rings is 1. The molecular formula is C20H28N6O3S. The zero-order valence-electron chi connectivity index (χ0n) is 17.2. The third kappa shape index (κ3) is 4.48. The van der Waals surface area contributed by atoms with Crippen molar-refractivity contribution in [2.24, 2.45) is 5.92 Å². The van der Waals surface area contributed by atoms with Crippen LogP contribution < -0.4 is 21.1 Å². The van der Waals surface area contributed by atoms with Gasteiger partial charge in [0.1, 0.15) is 17.6 Å². The van der Waals surface area contributed by atoms with Crippen molar-refractivity contribution >= 4 is 38.6 Å². The molecule has 2 aliphatic rings. The summed E-state index contributed by atoms with van der Waals surface area (Å²) >= 11 is 1.29. The quantitative estimate of drug-likeness (QED) is 0.711. The molecule has 0 aromatic carbocycles. The van der Waals surface area contributed by atoms with Gasteiger partial charge in [-0.05, 0) is 32.6 Å². The largest absolute Gasteiger partial charge is 0.356 e. The Hall–Kier alpha value is -2.49. The topological polar surface area (TPSA) is 109 Å². The normalized spacial score (nSPS) is 19.9. The zero-order chi connectivity index (χ0) is 21.1. The van der Waals surface area contributed by atoms with Gasteiger partial charge in [-0.25, -0.2) is 4.98 Å². The van der Waals surface area contributed by atoms with E-state index in [-0.39, 0.29) is 35.9 Å². The first kappa shape index (κ1) is 20.8. The summed E-state index contributed by atoms with van der Waals surface area (Å²) < 4.78 is 1.80. The van der Waals surface area contributed by atoms with Gasteiger partial charge in [0.25, 0.3) is 5.56 Å². The molecule has 1 saturated carbocycles. The molecule has 1 aliphatic carbocycles. The number of carbonyl (C=O) groups excluding carboxylic acids is 2. The number of anilines is 1. The number of rotatable bonds is 6. The summed E-state index contributed by atoms with van der Waals surface area (Å²) in [5, 5.41) is 6.59. The van der Waals surface area contributed by atoms with Crippen molar-refractivity contribution in [2.75, 3.05) is 24.5 Å². The first-order valence-electron chi connectivity index (χ1n) is 10.7. The minimum absolute atomic E-state index is 0.0332. The number of amides is 2. The lowest BCUT2D eigenvalue weighted by Crippen LogP contribution is -2.43. The van der Waals surface area contributed by atoms with E-state index in [1.165, 1.54) is 22.2 Å². The van der Waals surface area contributed by atoms with Gasteiger partial charge in [0.2, 0.25) is 11.8 Å². The summed E-state index contributed by atoms with van der Waals surface area (Å²) in [7, 11) is 0. The number of carbonyl (C=O) groups is 2. The van der Waals surface area contributed by atoms with Crippen LogP contribution in [-0.4, -0.2) is 52.0 Å². The monoisotopic (exact) mass is 432 g/mol. The maximum atomic E-state index is 12.9. The second-order valence-electron chi connectivity index (χ2n) is 8.06. The van der Waals surface area contributed by atoms with Crippen LogP contribution in [0.25, 0.3) is 10.3 Å². The van der Waals surface area contributed by atoms with E-state index in [4.69, 9.17) is 0 Å². The van der Waals surface area contributed by atoms with Gasteiger partial charge in [-0.2, -0.15) is 4.98 Å². The Balaban J connectivity index is 1.48. The molecule has 1 atom stereocenters. The number of hydrogen-bond donors (Lipinski definition) is 2. The summed E-state index contributed by atoms with van der Waals surface area (Å²) in [4.78, 5) is 48.3. The molecule has 0 spiro atoms. The third-order valence-corrected chi connectivity index (χ3v) is 6.91. The SMILES string of the molecule is CCNC(=O)[C@H]1CCCN(c2nc3ncn(CC(=O)NC4CCCC4)c(=O)c3s2)C1. The van der Waals surface area contributed by atoms with Crippen molar-refractivity contribution < 1.29 is 9.59 Å². The van der Waals surface area contributed by atoms with Crippen molar-refractivity contribution in [3.8, 4) is 0 Å². The second-order valence-corrected chi connectivity index (χ2v) is 9.03. The minimum Gasteiger partial charge on any atom is -0.356 e. The van der Waals surface area contributed by atoms with Crippen LogP contribution in [0.15, 0.2) is 11.1 Å². The third-order valence-electron chi connectivity index (χ3n) is 5.82. The van der Waals surface area contributed by atoms with Crippen LogP contribution in [0.4, 0.5) is 5.13 Å². The maximum Gasteiger partial charge on any atom is 0.273 e.